The molecule has 0 aromatic heterocycles. The predicted molar refractivity (Wildman–Crippen MR) is 80.9 cm³/mol. The van der Waals surface area contributed by atoms with Gasteiger partial charge in [-0.25, -0.2) is 0 Å². The number of unbranched alkanes of at least 4 members (excludes halogenated alkanes) is 2. The molecule has 1 N–H and O–H groups in total. The maximum atomic E-state index is 12.3. The number of halogens is 1. The van der Waals surface area contributed by atoms with Crippen LogP contribution in [0.2, 0.25) is 5.02 Å². The zero-order valence-electron chi connectivity index (χ0n) is 11.6. The molecule has 4 nitrogen and oxygen atoms in total. The van der Waals surface area contributed by atoms with E-state index in [9.17, 15) is 4.79 Å². The van der Waals surface area contributed by atoms with Gasteiger partial charge in [0.15, 0.2) is 0 Å². The summed E-state index contributed by atoms with van der Waals surface area (Å²) in [7, 11) is 0. The fraction of sp³-hybridized carbons (Fsp3) is 0.467. The fourth-order valence-electron chi connectivity index (χ4n) is 2.47. The molecule has 0 spiro atoms. The maximum Gasteiger partial charge on any atom is 0.227 e. The second-order valence-electron chi connectivity index (χ2n) is 4.96. The van der Waals surface area contributed by atoms with Crippen molar-refractivity contribution in [2.24, 2.45) is 5.16 Å². The van der Waals surface area contributed by atoms with Crippen molar-refractivity contribution < 1.29 is 10.0 Å². The van der Waals surface area contributed by atoms with Gasteiger partial charge in [-0.2, -0.15) is 0 Å². The summed E-state index contributed by atoms with van der Waals surface area (Å²) >= 11 is 5.99. The molecule has 0 aliphatic carbocycles. The number of nitrogens with zero attached hydrogens (tertiary/aromatic N) is 2. The molecule has 0 bridgehead atoms. The molecule has 1 aliphatic heterocycles. The van der Waals surface area contributed by atoms with Gasteiger partial charge in [-0.15, -0.1) is 0 Å². The second-order valence-corrected chi connectivity index (χ2v) is 5.40. The average Bonchev–Trinajstić information content (AvgIpc) is 2.46. The van der Waals surface area contributed by atoms with E-state index < -0.39 is 0 Å². The van der Waals surface area contributed by atoms with Crippen molar-refractivity contribution in [1.29, 1.82) is 0 Å². The Kier molecular flexibility index (Phi) is 5.01. The highest BCUT2D eigenvalue weighted by Gasteiger charge is 2.26. The van der Waals surface area contributed by atoms with Crippen LogP contribution in [0.15, 0.2) is 23.4 Å². The first-order valence-corrected chi connectivity index (χ1v) is 7.36. The molecule has 1 amide bonds. The summed E-state index contributed by atoms with van der Waals surface area (Å²) in [4.78, 5) is 14.1. The molecule has 108 valence electrons. The smallest absolute Gasteiger partial charge is 0.227 e. The number of oxime groups is 1. The van der Waals surface area contributed by atoms with Gasteiger partial charge in [-0.05, 0) is 24.6 Å². The van der Waals surface area contributed by atoms with Crippen LogP contribution in [0.3, 0.4) is 0 Å². The highest BCUT2D eigenvalue weighted by molar-refractivity contribution is 6.31. The monoisotopic (exact) mass is 294 g/mol. The van der Waals surface area contributed by atoms with Crippen molar-refractivity contribution in [3.63, 3.8) is 0 Å². The predicted octanol–water partition coefficient (Wildman–Crippen LogP) is 3.84. The molecule has 1 aromatic carbocycles. The topological polar surface area (TPSA) is 52.9 Å². The van der Waals surface area contributed by atoms with Gasteiger partial charge in [-0.1, -0.05) is 36.5 Å². The van der Waals surface area contributed by atoms with Crippen molar-refractivity contribution in [2.75, 3.05) is 11.4 Å². The van der Waals surface area contributed by atoms with E-state index >= 15 is 0 Å². The standard InChI is InChI=1S/C15H19ClN2O2/c1-2-3-4-5-15(19)18-9-8-13(17-20)12-10-11(16)6-7-14(12)18/h6-7,10,20H,2-5,8-9H2,1H3. The molecule has 5 heteroatoms. The van der Waals surface area contributed by atoms with Crippen LogP contribution in [0.1, 0.15) is 44.6 Å². The van der Waals surface area contributed by atoms with Gasteiger partial charge in [0, 0.05) is 30.0 Å². The molecule has 0 saturated heterocycles. The van der Waals surface area contributed by atoms with Gasteiger partial charge < -0.3 is 10.1 Å². The number of carbonyl (C=O) groups is 1. The maximum absolute atomic E-state index is 12.3. The molecular formula is C15H19ClN2O2. The zero-order valence-corrected chi connectivity index (χ0v) is 12.4. The number of amides is 1. The van der Waals surface area contributed by atoms with E-state index in [0.29, 0.717) is 30.1 Å². The molecule has 1 aliphatic rings. The average molecular weight is 295 g/mol. The Bertz CT molecular complexity index is 529. The minimum absolute atomic E-state index is 0.124. The normalized spacial score (nSPS) is 16.3. The van der Waals surface area contributed by atoms with Crippen molar-refractivity contribution in [2.45, 2.75) is 39.0 Å². The Morgan fingerprint density at radius 1 is 1.45 bits per heavy atom. The van der Waals surface area contributed by atoms with E-state index in [1.54, 1.807) is 17.0 Å². The number of fused-ring (bicyclic) bond motifs is 1. The third-order valence-corrected chi connectivity index (χ3v) is 3.78. The second kappa shape index (κ2) is 6.75. The summed E-state index contributed by atoms with van der Waals surface area (Å²) < 4.78 is 0. The summed E-state index contributed by atoms with van der Waals surface area (Å²) in [6.07, 6.45) is 4.18. The van der Waals surface area contributed by atoms with E-state index in [0.717, 1.165) is 30.5 Å². The molecule has 1 heterocycles. The van der Waals surface area contributed by atoms with E-state index in [4.69, 9.17) is 16.8 Å². The molecule has 20 heavy (non-hydrogen) atoms. The number of hydrogen-bond donors (Lipinski definition) is 1. The van der Waals surface area contributed by atoms with Gasteiger partial charge in [0.05, 0.1) is 11.4 Å². The Morgan fingerprint density at radius 3 is 2.95 bits per heavy atom. The van der Waals surface area contributed by atoms with E-state index in [2.05, 4.69) is 12.1 Å². The van der Waals surface area contributed by atoms with Crippen LogP contribution in [0, 0.1) is 0 Å². The van der Waals surface area contributed by atoms with Gasteiger partial charge in [0.1, 0.15) is 0 Å². The van der Waals surface area contributed by atoms with Crippen LogP contribution < -0.4 is 4.90 Å². The number of rotatable bonds is 4. The minimum Gasteiger partial charge on any atom is -0.411 e. The highest BCUT2D eigenvalue weighted by atomic mass is 35.5. The summed E-state index contributed by atoms with van der Waals surface area (Å²) in [5.41, 5.74) is 2.12. The van der Waals surface area contributed by atoms with E-state index in [1.807, 2.05) is 6.07 Å². The first kappa shape index (κ1) is 14.9. The van der Waals surface area contributed by atoms with Crippen molar-refractivity contribution in [1.82, 2.24) is 0 Å². The first-order chi connectivity index (χ1) is 9.67. The van der Waals surface area contributed by atoms with Gasteiger partial charge in [-0.3, -0.25) is 4.79 Å². The van der Waals surface area contributed by atoms with Gasteiger partial charge >= 0.3 is 0 Å². The van der Waals surface area contributed by atoms with Crippen LogP contribution in [0.4, 0.5) is 5.69 Å². The Morgan fingerprint density at radius 2 is 2.25 bits per heavy atom. The van der Waals surface area contributed by atoms with Gasteiger partial charge in [0.25, 0.3) is 0 Å². The highest BCUT2D eigenvalue weighted by Crippen LogP contribution is 2.30. The lowest BCUT2D eigenvalue weighted by molar-refractivity contribution is -0.118. The zero-order chi connectivity index (χ0) is 14.5. The largest absolute Gasteiger partial charge is 0.411 e. The molecule has 0 atom stereocenters. The summed E-state index contributed by atoms with van der Waals surface area (Å²) in [6, 6.07) is 5.32. The third-order valence-electron chi connectivity index (χ3n) is 3.55. The van der Waals surface area contributed by atoms with Crippen molar-refractivity contribution in [3.05, 3.63) is 28.8 Å². The molecule has 0 fully saturated rings. The van der Waals surface area contributed by atoms with E-state index in [-0.39, 0.29) is 5.91 Å². The number of hydrogen-bond acceptors (Lipinski definition) is 3. The van der Waals surface area contributed by atoms with Crippen LogP contribution in [0.5, 0.6) is 0 Å². The molecule has 1 aromatic rings. The first-order valence-electron chi connectivity index (χ1n) is 6.98. The number of carbonyl (C=O) groups excluding carboxylic acids is 1. The van der Waals surface area contributed by atoms with Gasteiger partial charge in [0.2, 0.25) is 5.91 Å². The van der Waals surface area contributed by atoms with Crippen molar-refractivity contribution >= 4 is 28.9 Å². The lowest BCUT2D eigenvalue weighted by Crippen LogP contribution is -2.37. The Hall–Kier alpha value is -1.55. The summed E-state index contributed by atoms with van der Waals surface area (Å²) in [5.74, 6) is 0.124. The van der Waals surface area contributed by atoms with Crippen molar-refractivity contribution in [3.8, 4) is 0 Å². The molecule has 0 saturated carbocycles. The van der Waals surface area contributed by atoms with Crippen LogP contribution in [0.25, 0.3) is 0 Å². The van der Waals surface area contributed by atoms with Crippen LogP contribution in [-0.4, -0.2) is 23.4 Å². The number of benzene rings is 1. The molecular weight excluding hydrogens is 276 g/mol. The minimum atomic E-state index is 0.124. The van der Waals surface area contributed by atoms with Crippen LogP contribution in [-0.2, 0) is 4.79 Å². The summed E-state index contributed by atoms with van der Waals surface area (Å²) in [5, 5.41) is 13.0. The molecule has 0 unspecified atom stereocenters. The summed E-state index contributed by atoms with van der Waals surface area (Å²) in [6.45, 7) is 2.67. The lowest BCUT2D eigenvalue weighted by Gasteiger charge is -2.30. The van der Waals surface area contributed by atoms with Crippen LogP contribution >= 0.6 is 11.6 Å². The SMILES string of the molecule is CCCCCC(=O)N1CCC(=NO)c2cc(Cl)ccc21. The quantitative estimate of drug-likeness (QED) is 0.521. The molecule has 0 radical (unpaired) electrons. The lowest BCUT2D eigenvalue weighted by atomic mass is 9.99. The Balaban J connectivity index is 2.23. The molecule has 2 rings (SSSR count). The third kappa shape index (κ3) is 3.12. The fourth-order valence-corrected chi connectivity index (χ4v) is 2.64. The van der Waals surface area contributed by atoms with E-state index in [1.165, 1.54) is 0 Å². The Labute approximate surface area is 124 Å². The number of anilines is 1.